The number of ether oxygens (including phenoxy) is 2. The zero-order chi connectivity index (χ0) is 24.7. The van der Waals surface area contributed by atoms with E-state index < -0.39 is 30.5 Å². The van der Waals surface area contributed by atoms with Gasteiger partial charge in [-0.1, -0.05) is 11.6 Å². The van der Waals surface area contributed by atoms with Crippen LogP contribution in [0, 0.1) is 0 Å². The molecule has 2 atom stereocenters. The fourth-order valence-electron chi connectivity index (χ4n) is 4.56. The Balaban J connectivity index is 1.73. The fourth-order valence-corrected chi connectivity index (χ4v) is 4.86. The minimum atomic E-state index is -1.67. The first-order valence-electron chi connectivity index (χ1n) is 11.9. The molecule has 2 saturated heterocycles. The van der Waals surface area contributed by atoms with Crippen LogP contribution in [0.2, 0.25) is 5.02 Å². The minimum Gasteiger partial charge on any atom is -0.467 e. The van der Waals surface area contributed by atoms with Crippen LogP contribution in [0.4, 0.5) is 4.39 Å². The Labute approximate surface area is 205 Å². The normalized spacial score (nSPS) is 22.8. The van der Waals surface area contributed by atoms with Gasteiger partial charge < -0.3 is 18.8 Å². The second-order valence-electron chi connectivity index (χ2n) is 10.1. The van der Waals surface area contributed by atoms with E-state index in [4.69, 9.17) is 25.6 Å². The van der Waals surface area contributed by atoms with Gasteiger partial charge in [0, 0.05) is 17.0 Å². The van der Waals surface area contributed by atoms with Gasteiger partial charge in [-0.05, 0) is 83.3 Å². The van der Waals surface area contributed by atoms with Gasteiger partial charge in [0.15, 0.2) is 12.4 Å². The number of rotatable bonds is 7. The number of methoxy groups -OCH3 is 1. The van der Waals surface area contributed by atoms with Crippen LogP contribution in [-0.2, 0) is 30.0 Å². The average molecular weight is 495 g/mol. The summed E-state index contributed by atoms with van der Waals surface area (Å²) < 4.78 is 39.2. The fraction of sp³-hybridized carbons (Fsp3) is 0.667. The van der Waals surface area contributed by atoms with Gasteiger partial charge in [-0.2, -0.15) is 5.10 Å². The Morgan fingerprint density at radius 1 is 1.32 bits per heavy atom. The van der Waals surface area contributed by atoms with Crippen LogP contribution < -0.4 is 5.46 Å². The van der Waals surface area contributed by atoms with Crippen molar-refractivity contribution >= 4 is 41.1 Å². The Bertz CT molecular complexity index is 1040. The van der Waals surface area contributed by atoms with Crippen LogP contribution in [-0.4, -0.2) is 54.0 Å². The van der Waals surface area contributed by atoms with E-state index in [0.29, 0.717) is 24.5 Å². The maximum absolute atomic E-state index is 14.1. The molecule has 0 spiro atoms. The van der Waals surface area contributed by atoms with Crippen molar-refractivity contribution < 1.29 is 28.0 Å². The first-order valence-corrected chi connectivity index (χ1v) is 12.3. The molecule has 3 heterocycles. The van der Waals surface area contributed by atoms with Crippen molar-refractivity contribution in [2.75, 3.05) is 13.7 Å². The third-order valence-electron chi connectivity index (χ3n) is 7.26. The van der Waals surface area contributed by atoms with E-state index in [1.54, 1.807) is 6.20 Å². The number of alkyl halides is 1. The van der Waals surface area contributed by atoms with Crippen molar-refractivity contribution in [1.29, 1.82) is 0 Å². The molecule has 1 aromatic carbocycles. The van der Waals surface area contributed by atoms with Gasteiger partial charge in [-0.25, -0.2) is 13.9 Å². The third-order valence-corrected chi connectivity index (χ3v) is 7.60. The molecular weight excluding hydrogens is 462 g/mol. The van der Waals surface area contributed by atoms with Gasteiger partial charge in [-0.15, -0.1) is 0 Å². The molecule has 0 bridgehead atoms. The lowest BCUT2D eigenvalue weighted by molar-refractivity contribution is -0.146. The Kier molecular flexibility index (Phi) is 7.30. The number of benzene rings is 1. The largest absolute Gasteiger partial charge is 0.495 e. The lowest BCUT2D eigenvalue weighted by Gasteiger charge is -2.32. The number of fused-ring (bicyclic) bond motifs is 1. The van der Waals surface area contributed by atoms with Crippen LogP contribution in [0.1, 0.15) is 71.6 Å². The number of carbonyl (C=O) groups is 1. The van der Waals surface area contributed by atoms with E-state index in [1.165, 1.54) is 7.11 Å². The second kappa shape index (κ2) is 9.76. The van der Waals surface area contributed by atoms with Crippen LogP contribution in [0.3, 0.4) is 0 Å². The van der Waals surface area contributed by atoms with Gasteiger partial charge in [0.1, 0.15) is 0 Å². The predicted molar refractivity (Wildman–Crippen MR) is 129 cm³/mol. The van der Waals surface area contributed by atoms with Gasteiger partial charge in [-0.3, -0.25) is 0 Å². The number of hydrogen-bond donors (Lipinski definition) is 0. The summed E-state index contributed by atoms with van der Waals surface area (Å²) in [6, 6.07) is 1.89. The molecule has 1 aromatic heterocycles. The number of nitrogens with zero attached hydrogens (tertiary/aromatic N) is 2. The Morgan fingerprint density at radius 3 is 2.65 bits per heavy atom. The molecule has 0 N–H and O–H groups in total. The van der Waals surface area contributed by atoms with Crippen molar-refractivity contribution in [1.82, 2.24) is 9.78 Å². The van der Waals surface area contributed by atoms with E-state index in [2.05, 4.69) is 9.84 Å². The summed E-state index contributed by atoms with van der Waals surface area (Å²) in [6.45, 7) is 8.69. The highest BCUT2D eigenvalue weighted by atomic mass is 35.5. The standard InChI is InChI=1S/C24H33BClFN2O5/c1-23(2)24(3,4)34-25(33-23)21-15(9-8-10-18(27)22(30)31-5)17(26)13-19-16(21)14-28-29(19)20-11-6-7-12-32-20/h13-14,18,20H,6-12H2,1-5H3. The number of halogens is 2. The van der Waals surface area contributed by atoms with E-state index in [0.717, 1.165) is 41.2 Å². The summed E-state index contributed by atoms with van der Waals surface area (Å²) in [5.74, 6) is -0.860. The Morgan fingerprint density at radius 2 is 2.03 bits per heavy atom. The molecule has 4 rings (SSSR count). The zero-order valence-electron chi connectivity index (χ0n) is 20.5. The highest BCUT2D eigenvalue weighted by molar-refractivity contribution is 6.66. The lowest BCUT2D eigenvalue weighted by atomic mass is 9.73. The molecular formula is C24H33BClFN2O5. The van der Waals surface area contributed by atoms with Gasteiger partial charge >= 0.3 is 13.1 Å². The van der Waals surface area contributed by atoms with Crippen LogP contribution in [0.5, 0.6) is 0 Å². The van der Waals surface area contributed by atoms with E-state index in [-0.39, 0.29) is 12.6 Å². The van der Waals surface area contributed by atoms with Crippen LogP contribution >= 0.6 is 11.6 Å². The first kappa shape index (κ1) is 25.4. The monoisotopic (exact) mass is 494 g/mol. The van der Waals surface area contributed by atoms with E-state index in [9.17, 15) is 9.18 Å². The molecule has 2 unspecified atom stereocenters. The highest BCUT2D eigenvalue weighted by Crippen LogP contribution is 2.38. The van der Waals surface area contributed by atoms with E-state index >= 15 is 0 Å². The molecule has 2 aromatic rings. The second-order valence-corrected chi connectivity index (χ2v) is 10.5. The first-order chi connectivity index (χ1) is 16.1. The van der Waals surface area contributed by atoms with Crippen molar-refractivity contribution in [2.24, 2.45) is 0 Å². The molecule has 7 nitrogen and oxygen atoms in total. The molecule has 0 aliphatic carbocycles. The van der Waals surface area contributed by atoms with Crippen molar-refractivity contribution in [3.8, 4) is 0 Å². The maximum Gasteiger partial charge on any atom is 0.495 e. The SMILES string of the molecule is COC(=O)C(F)CCCc1c(Cl)cc2c(cnn2C2CCCCO2)c1B1OC(C)(C)C(C)(C)O1. The smallest absolute Gasteiger partial charge is 0.467 e. The average Bonchev–Trinajstić information content (AvgIpc) is 3.30. The molecule has 2 aliphatic heterocycles. The molecule has 34 heavy (non-hydrogen) atoms. The summed E-state index contributed by atoms with van der Waals surface area (Å²) in [7, 11) is 0.525. The van der Waals surface area contributed by atoms with Gasteiger partial charge in [0.25, 0.3) is 0 Å². The molecule has 186 valence electrons. The topological polar surface area (TPSA) is 71.8 Å². The minimum absolute atomic E-state index is 0.0407. The van der Waals surface area contributed by atoms with E-state index in [1.807, 2.05) is 38.4 Å². The summed E-state index contributed by atoms with van der Waals surface area (Å²) in [4.78, 5) is 11.5. The number of hydrogen-bond acceptors (Lipinski definition) is 6. The number of esters is 1. The third kappa shape index (κ3) is 4.72. The Hall–Kier alpha value is -1.68. The van der Waals surface area contributed by atoms with Crippen molar-refractivity contribution in [2.45, 2.75) is 89.8 Å². The molecule has 0 radical (unpaired) electrons. The summed E-state index contributed by atoms with van der Waals surface area (Å²) in [5.41, 5.74) is 1.39. The summed E-state index contributed by atoms with van der Waals surface area (Å²) in [6.07, 6.45) is 3.90. The molecule has 2 aliphatic rings. The molecule has 2 fully saturated rings. The quantitative estimate of drug-likeness (QED) is 0.416. The van der Waals surface area contributed by atoms with Gasteiger partial charge in [0.2, 0.25) is 0 Å². The summed E-state index contributed by atoms with van der Waals surface area (Å²) in [5, 5.41) is 6.05. The molecule has 0 saturated carbocycles. The number of carbonyl (C=O) groups excluding carboxylic acids is 1. The lowest BCUT2D eigenvalue weighted by Crippen LogP contribution is -2.41. The maximum atomic E-state index is 14.1. The van der Waals surface area contributed by atoms with Crippen LogP contribution in [0.25, 0.3) is 10.9 Å². The summed E-state index contributed by atoms with van der Waals surface area (Å²) >= 11 is 6.82. The van der Waals surface area contributed by atoms with Crippen LogP contribution in [0.15, 0.2) is 12.3 Å². The number of aromatic nitrogens is 2. The highest BCUT2D eigenvalue weighted by Gasteiger charge is 2.53. The molecule has 0 amide bonds. The zero-order valence-corrected chi connectivity index (χ0v) is 21.3. The van der Waals surface area contributed by atoms with Crippen molar-refractivity contribution in [3.05, 3.63) is 22.8 Å². The predicted octanol–water partition coefficient (Wildman–Crippen LogP) is 4.52. The van der Waals surface area contributed by atoms with Gasteiger partial charge in [0.05, 0.1) is 30.0 Å². The molecule has 10 heteroatoms. The van der Waals surface area contributed by atoms with Crippen molar-refractivity contribution in [3.63, 3.8) is 0 Å².